The van der Waals surface area contributed by atoms with Crippen molar-refractivity contribution in [1.29, 1.82) is 0 Å². The van der Waals surface area contributed by atoms with Gasteiger partial charge < -0.3 is 18.3 Å². The molecule has 0 bridgehead atoms. The molecule has 2 aromatic carbocycles. The van der Waals surface area contributed by atoms with Crippen molar-refractivity contribution >= 4 is 50.3 Å². The summed E-state index contributed by atoms with van der Waals surface area (Å²) in [4.78, 5) is 41.7. The fourth-order valence-corrected chi connectivity index (χ4v) is 5.77. The van der Waals surface area contributed by atoms with Crippen molar-refractivity contribution in [2.75, 3.05) is 10.5 Å². The molecule has 12 nitrogen and oxygen atoms in total. The summed E-state index contributed by atoms with van der Waals surface area (Å²) in [5.74, 6) is -4.98. The number of rotatable bonds is 11. The van der Waals surface area contributed by atoms with Crippen LogP contribution in [-0.4, -0.2) is 35.7 Å². The van der Waals surface area contributed by atoms with Crippen LogP contribution in [0.25, 0.3) is 22.2 Å². The molecule has 0 aliphatic heterocycles. The quantitative estimate of drug-likeness (QED) is 0.126. The van der Waals surface area contributed by atoms with Gasteiger partial charge in [0, 0.05) is 28.4 Å². The van der Waals surface area contributed by atoms with Gasteiger partial charge in [0.2, 0.25) is 15.8 Å². The number of aromatic nitrogens is 2. The number of hydrogen-bond acceptors (Lipinski definition) is 10. The molecule has 0 saturated carbocycles. The highest BCUT2D eigenvalue weighted by Gasteiger charge is 2.27. The first-order valence-electron chi connectivity index (χ1n) is 13.5. The van der Waals surface area contributed by atoms with Crippen LogP contribution in [0.2, 0.25) is 5.02 Å². The summed E-state index contributed by atoms with van der Waals surface area (Å²) in [6.45, 7) is 2.03. The molecule has 0 saturated heterocycles. The normalized spacial score (nSPS) is 11.5. The number of ether oxygens (including phenoxy) is 2. The summed E-state index contributed by atoms with van der Waals surface area (Å²) < 4.78 is 78.0. The van der Waals surface area contributed by atoms with Gasteiger partial charge >= 0.3 is 12.0 Å². The number of anilines is 1. The Labute approximate surface area is 264 Å². The van der Waals surface area contributed by atoms with Crippen molar-refractivity contribution in [2.24, 2.45) is 0 Å². The molecular weight excluding hydrogens is 652 g/mol. The largest absolute Gasteiger partial charge is 0.519 e. The topological polar surface area (TPSA) is 160 Å². The Morgan fingerprint density at radius 1 is 1.07 bits per heavy atom. The zero-order chi connectivity index (χ0) is 33.2. The summed E-state index contributed by atoms with van der Waals surface area (Å²) in [7, 11) is -3.97. The molecule has 5 rings (SSSR count). The van der Waals surface area contributed by atoms with E-state index in [9.17, 15) is 22.8 Å². The summed E-state index contributed by atoms with van der Waals surface area (Å²) in [5.41, 5.74) is -0.545. The summed E-state index contributed by atoms with van der Waals surface area (Å²) in [5, 5.41) is 0.621. The molecule has 3 heterocycles. The Hall–Kier alpha value is -5.02. The predicted molar refractivity (Wildman–Crippen MR) is 161 cm³/mol. The third-order valence-electron chi connectivity index (χ3n) is 6.67. The Morgan fingerprint density at radius 2 is 1.80 bits per heavy atom. The van der Waals surface area contributed by atoms with Crippen molar-refractivity contribution in [1.82, 2.24) is 9.55 Å². The number of sulfonamides is 1. The van der Waals surface area contributed by atoms with Crippen LogP contribution in [-0.2, 0) is 32.8 Å². The summed E-state index contributed by atoms with van der Waals surface area (Å²) in [6, 6.07) is 9.91. The van der Waals surface area contributed by atoms with Crippen molar-refractivity contribution in [2.45, 2.75) is 33.6 Å². The smallest absolute Gasteiger partial charge is 0.426 e. The highest BCUT2D eigenvalue weighted by molar-refractivity contribution is 7.92. The maximum Gasteiger partial charge on any atom is 0.519 e. The first kappa shape index (κ1) is 32.4. The van der Waals surface area contributed by atoms with E-state index in [-0.39, 0.29) is 40.3 Å². The van der Waals surface area contributed by atoms with Crippen LogP contribution >= 0.6 is 11.6 Å². The molecule has 0 aliphatic rings. The van der Waals surface area contributed by atoms with Gasteiger partial charge in [0.15, 0.2) is 30.7 Å². The van der Waals surface area contributed by atoms with Crippen molar-refractivity contribution in [3.05, 3.63) is 105 Å². The number of carbonyl (C=O) groups is 2. The second-order valence-electron chi connectivity index (χ2n) is 9.89. The Morgan fingerprint density at radius 3 is 2.48 bits per heavy atom. The number of carbonyl (C=O) groups excluding carboxylic acids is 2. The monoisotopic (exact) mass is 675 g/mol. The SMILES string of the molecule is CCCS(=O)(=O)Nc1ccc(F)c(C(=O)c2cn(COC(=O)OCc3oc(=O)oc3C)c3ncc(-c4ccc(Cl)cc4)cc23)c1F. The minimum atomic E-state index is -3.97. The molecule has 3 aromatic heterocycles. The average molecular weight is 676 g/mol. The van der Waals surface area contributed by atoms with E-state index >= 15 is 8.78 Å². The average Bonchev–Trinajstić information content (AvgIpc) is 3.54. The van der Waals surface area contributed by atoms with E-state index in [1.807, 2.05) is 4.72 Å². The number of nitrogens with zero attached hydrogens (tertiary/aromatic N) is 2. The number of benzene rings is 2. The van der Waals surface area contributed by atoms with E-state index in [1.165, 1.54) is 23.9 Å². The molecule has 5 aromatic rings. The van der Waals surface area contributed by atoms with E-state index in [0.717, 1.165) is 12.1 Å². The Kier molecular flexibility index (Phi) is 9.25. The molecule has 0 fully saturated rings. The fourth-order valence-electron chi connectivity index (χ4n) is 4.51. The van der Waals surface area contributed by atoms with Crippen LogP contribution in [0.1, 0.15) is 40.8 Å². The molecular formula is C30H24ClF2N3O9S. The maximum atomic E-state index is 15.6. The zero-order valence-corrected chi connectivity index (χ0v) is 25.7. The molecule has 46 heavy (non-hydrogen) atoms. The Bertz CT molecular complexity index is 2120. The highest BCUT2D eigenvalue weighted by atomic mass is 35.5. The molecule has 0 atom stereocenters. The maximum absolute atomic E-state index is 15.6. The van der Waals surface area contributed by atoms with E-state index in [0.29, 0.717) is 16.1 Å². The van der Waals surface area contributed by atoms with Crippen LogP contribution in [0, 0.1) is 18.6 Å². The Balaban J connectivity index is 1.51. The molecule has 0 aliphatic carbocycles. The van der Waals surface area contributed by atoms with E-state index in [2.05, 4.69) is 4.98 Å². The van der Waals surface area contributed by atoms with Gasteiger partial charge in [-0.3, -0.25) is 14.1 Å². The van der Waals surface area contributed by atoms with Gasteiger partial charge in [-0.2, -0.15) is 0 Å². The molecule has 240 valence electrons. The lowest BCUT2D eigenvalue weighted by Crippen LogP contribution is -2.18. The van der Waals surface area contributed by atoms with E-state index < -0.39 is 64.0 Å². The third-order valence-corrected chi connectivity index (χ3v) is 8.40. The molecule has 1 N–H and O–H groups in total. The second-order valence-corrected chi connectivity index (χ2v) is 12.2. The van der Waals surface area contributed by atoms with Gasteiger partial charge in [-0.25, -0.2) is 31.8 Å². The van der Waals surface area contributed by atoms with Gasteiger partial charge in [-0.1, -0.05) is 30.7 Å². The van der Waals surface area contributed by atoms with Gasteiger partial charge in [0.05, 0.1) is 22.6 Å². The van der Waals surface area contributed by atoms with Crippen LogP contribution in [0.15, 0.2) is 68.5 Å². The number of nitrogens with one attached hydrogen (secondary N) is 1. The lowest BCUT2D eigenvalue weighted by Gasteiger charge is -2.11. The van der Waals surface area contributed by atoms with Crippen LogP contribution in [0.5, 0.6) is 0 Å². The van der Waals surface area contributed by atoms with Gasteiger partial charge in [-0.15, -0.1) is 0 Å². The van der Waals surface area contributed by atoms with E-state index in [1.54, 1.807) is 37.3 Å². The summed E-state index contributed by atoms with van der Waals surface area (Å²) in [6.07, 6.45) is 1.72. The van der Waals surface area contributed by atoms with Gasteiger partial charge in [0.25, 0.3) is 0 Å². The molecule has 0 amide bonds. The number of pyridine rings is 1. The van der Waals surface area contributed by atoms with Crippen molar-refractivity contribution in [3.8, 4) is 11.1 Å². The standard InChI is InChI=1S/C30H24ClF2N3O9S/c1-3-10-46(40,41)35-23-9-8-22(32)25(26(23)33)27(37)21-13-36(15-43-29(38)42-14-24-16(2)44-30(39)45-24)28-20(21)11-18(12-34-28)17-4-6-19(31)7-5-17/h4-9,11-13,35H,3,10,14-15H2,1-2H3. The number of hydrogen-bond donors (Lipinski definition) is 1. The molecule has 16 heteroatoms. The lowest BCUT2D eigenvalue weighted by atomic mass is 10.00. The minimum absolute atomic E-state index is 0.0269. The second kappa shape index (κ2) is 13.1. The molecule has 0 radical (unpaired) electrons. The van der Waals surface area contributed by atoms with Crippen LogP contribution in [0.4, 0.5) is 19.3 Å². The van der Waals surface area contributed by atoms with Crippen LogP contribution in [0.3, 0.4) is 0 Å². The number of aryl methyl sites for hydroxylation is 1. The lowest BCUT2D eigenvalue weighted by molar-refractivity contribution is 0.0260. The first-order valence-corrected chi connectivity index (χ1v) is 15.6. The number of fused-ring (bicyclic) bond motifs is 1. The van der Waals surface area contributed by atoms with Gasteiger partial charge in [0.1, 0.15) is 11.5 Å². The number of halogens is 3. The van der Waals surface area contributed by atoms with Crippen molar-refractivity contribution < 1.29 is 45.1 Å². The fraction of sp³-hybridized carbons (Fsp3) is 0.200. The van der Waals surface area contributed by atoms with Crippen molar-refractivity contribution in [3.63, 3.8) is 0 Å². The van der Waals surface area contributed by atoms with Crippen LogP contribution < -0.4 is 10.5 Å². The zero-order valence-electron chi connectivity index (χ0n) is 24.1. The van der Waals surface area contributed by atoms with E-state index in [4.69, 9.17) is 29.9 Å². The third kappa shape index (κ3) is 6.94. The molecule has 0 spiro atoms. The summed E-state index contributed by atoms with van der Waals surface area (Å²) >= 11 is 6.01. The predicted octanol–water partition coefficient (Wildman–Crippen LogP) is 6.18. The van der Waals surface area contributed by atoms with Gasteiger partial charge in [-0.05, 0) is 49.2 Å². The highest BCUT2D eigenvalue weighted by Crippen LogP contribution is 2.31. The minimum Gasteiger partial charge on any atom is -0.426 e. The molecule has 0 unspecified atom stereocenters. The number of ketones is 1. The first-order chi connectivity index (χ1) is 21.9.